The van der Waals surface area contributed by atoms with Crippen LogP contribution in [0.1, 0.15) is 21.9 Å². The number of hydrogen-bond donors (Lipinski definition) is 0. The van der Waals surface area contributed by atoms with Crippen LogP contribution in [-0.2, 0) is 0 Å². The molecule has 0 bridgehead atoms. The first-order valence-corrected chi connectivity index (χ1v) is 17.6. The van der Waals surface area contributed by atoms with Gasteiger partial charge < -0.3 is 0 Å². The molecular formula is C51H33N5. The van der Waals surface area contributed by atoms with E-state index in [0.717, 1.165) is 31.4 Å². The number of para-hydroxylation sites is 4. The van der Waals surface area contributed by atoms with Crippen molar-refractivity contribution in [3.8, 4) is 56.7 Å². The van der Waals surface area contributed by atoms with Crippen LogP contribution in [0.2, 0.25) is 0 Å². The van der Waals surface area contributed by atoms with Crippen LogP contribution in [0.25, 0.3) is 100 Å². The zero-order valence-electron chi connectivity index (χ0n) is 45.1. The lowest BCUT2D eigenvalue weighted by Gasteiger charge is -2.15. The van der Waals surface area contributed by atoms with Gasteiger partial charge >= 0.3 is 0 Å². The normalized spacial score (nSPS) is 15.6. The topological polar surface area (TPSA) is 48.5 Å². The molecule has 0 N–H and O–H groups in total. The molecule has 11 aromatic rings. The van der Waals surface area contributed by atoms with Crippen molar-refractivity contribution in [1.29, 1.82) is 0 Å². The van der Waals surface area contributed by atoms with Gasteiger partial charge in [-0.05, 0) is 81.8 Å². The van der Waals surface area contributed by atoms with E-state index in [0.29, 0.717) is 16.7 Å². The number of nitrogens with zero attached hydrogens (tertiary/aromatic N) is 5. The minimum atomic E-state index is -0.700. The fraction of sp³-hybridized carbons (Fsp3) is 0. The van der Waals surface area contributed by atoms with E-state index in [9.17, 15) is 5.48 Å². The highest BCUT2D eigenvalue weighted by molar-refractivity contribution is 6.10. The SMILES string of the molecule is [2H]c1c([2H])c([2H])c2c(c1[2H])c1c([2H])c([2H])c([2H])c([2H])c1n2-c1nc(-c2cc(-c3ccccc3)cc(-c3cccc(-c4ccccc4)c3)c2)nc(-n2c3c([2H])c([2H])c([2H])c([2H])c3c3c([2H])c([2H])c([2H])c([2H])c32)n1. The minimum absolute atomic E-state index is 0.151. The second-order valence-corrected chi connectivity index (χ2v) is 12.9. The minimum Gasteiger partial charge on any atom is -0.278 e. The first-order valence-electron chi connectivity index (χ1n) is 25.6. The van der Waals surface area contributed by atoms with Gasteiger partial charge in [0, 0.05) is 27.1 Å². The van der Waals surface area contributed by atoms with Crippen LogP contribution in [0.5, 0.6) is 0 Å². The summed E-state index contributed by atoms with van der Waals surface area (Å²) in [5, 5.41) is -1.06. The highest BCUT2D eigenvalue weighted by Crippen LogP contribution is 2.37. The van der Waals surface area contributed by atoms with E-state index in [-0.39, 0.29) is 49.4 Å². The lowest BCUT2D eigenvalue weighted by molar-refractivity contribution is 0.893. The van der Waals surface area contributed by atoms with E-state index in [1.165, 1.54) is 0 Å². The highest BCUT2D eigenvalue weighted by atomic mass is 15.3. The van der Waals surface area contributed by atoms with Crippen molar-refractivity contribution in [3.05, 3.63) is 200 Å². The predicted molar refractivity (Wildman–Crippen MR) is 230 cm³/mol. The van der Waals surface area contributed by atoms with E-state index in [2.05, 4.69) is 0 Å². The Balaban J connectivity index is 1.34. The number of benzene rings is 8. The third-order valence-electron chi connectivity index (χ3n) is 9.68. The molecule has 0 spiro atoms. The summed E-state index contributed by atoms with van der Waals surface area (Å²) in [6.45, 7) is 0. The maximum atomic E-state index is 9.27. The quantitative estimate of drug-likeness (QED) is 0.171. The van der Waals surface area contributed by atoms with E-state index >= 15 is 0 Å². The Labute approximate surface area is 345 Å². The fourth-order valence-electron chi connectivity index (χ4n) is 7.15. The van der Waals surface area contributed by atoms with Crippen molar-refractivity contribution in [2.75, 3.05) is 0 Å². The van der Waals surface area contributed by atoms with Crippen LogP contribution in [0.15, 0.2) is 200 Å². The molecule has 0 fully saturated rings. The smallest absolute Gasteiger partial charge is 0.240 e. The Hall–Kier alpha value is -7.63. The molecule has 11 rings (SSSR count). The summed E-state index contributed by atoms with van der Waals surface area (Å²) in [7, 11) is 0. The van der Waals surface area contributed by atoms with Crippen molar-refractivity contribution in [2.24, 2.45) is 0 Å². The molecule has 5 heteroatoms. The van der Waals surface area contributed by atoms with Crippen LogP contribution < -0.4 is 0 Å². The van der Waals surface area contributed by atoms with Crippen molar-refractivity contribution < 1.29 is 21.9 Å². The molecule has 0 saturated heterocycles. The molecule has 0 radical (unpaired) electrons. The van der Waals surface area contributed by atoms with Gasteiger partial charge in [0.05, 0.1) is 44.0 Å². The summed E-state index contributed by atoms with van der Waals surface area (Å²) in [5.41, 5.74) is 3.86. The van der Waals surface area contributed by atoms with Crippen molar-refractivity contribution in [2.45, 2.75) is 0 Å². The lowest BCUT2D eigenvalue weighted by atomic mass is 9.94. The molecule has 0 saturated carbocycles. The van der Waals surface area contributed by atoms with Gasteiger partial charge in [0.1, 0.15) is 0 Å². The highest BCUT2D eigenvalue weighted by Gasteiger charge is 2.21. The molecule has 0 unspecified atom stereocenters. The number of fused-ring (bicyclic) bond motifs is 6. The molecule has 0 aliphatic carbocycles. The summed E-state index contributed by atoms with van der Waals surface area (Å²) >= 11 is 0. The Bertz CT molecular complexity index is 3840. The maximum Gasteiger partial charge on any atom is 0.240 e. The molecule has 5 nitrogen and oxygen atoms in total. The van der Waals surface area contributed by atoms with E-state index in [1.54, 1.807) is 12.1 Å². The van der Waals surface area contributed by atoms with Gasteiger partial charge in [-0.15, -0.1) is 0 Å². The summed E-state index contributed by atoms with van der Waals surface area (Å²) < 4.78 is 145. The second kappa shape index (κ2) is 13.0. The van der Waals surface area contributed by atoms with Crippen molar-refractivity contribution in [3.63, 3.8) is 0 Å². The monoisotopic (exact) mass is 731 g/mol. The standard InChI is InChI=1S/C51H33N5/c1-3-16-34(17-4-1)36-20-15-21-37(30-36)39-31-38(35-18-5-2-6-19-35)32-40(33-39)49-52-50(55-45-26-11-7-22-41(45)42-23-8-12-27-46(42)55)54-51(53-49)56-47-28-13-9-24-43(47)44-25-10-14-29-48(44)56/h1-33H/i7D,8D,9D,10D,11D,12D,13D,14D,22D,23D,24D,25D,26D,27D,28D,29D. The van der Waals surface area contributed by atoms with Crippen LogP contribution in [0, 0.1) is 0 Å². The van der Waals surface area contributed by atoms with E-state index in [4.69, 9.17) is 31.4 Å². The fourth-order valence-corrected chi connectivity index (χ4v) is 7.15. The largest absolute Gasteiger partial charge is 0.278 e. The maximum absolute atomic E-state index is 9.27. The lowest BCUT2D eigenvalue weighted by Crippen LogP contribution is -2.10. The molecule has 262 valence electrons. The first kappa shape index (κ1) is 19.6. The molecule has 0 aliphatic heterocycles. The summed E-state index contributed by atoms with van der Waals surface area (Å²) in [6, 6.07) is 22.1. The summed E-state index contributed by atoms with van der Waals surface area (Å²) in [4.78, 5) is 14.8. The van der Waals surface area contributed by atoms with Gasteiger partial charge in [0.15, 0.2) is 5.82 Å². The molecule has 0 atom stereocenters. The zero-order chi connectivity index (χ0) is 50.9. The molecule has 56 heavy (non-hydrogen) atoms. The third-order valence-corrected chi connectivity index (χ3v) is 9.68. The van der Waals surface area contributed by atoms with Gasteiger partial charge in [0.2, 0.25) is 11.9 Å². The average Bonchev–Trinajstić information content (AvgIpc) is 3.97. The van der Waals surface area contributed by atoms with Gasteiger partial charge in [-0.3, -0.25) is 9.13 Å². The van der Waals surface area contributed by atoms with E-state index in [1.807, 2.05) is 91.0 Å². The van der Waals surface area contributed by atoms with Crippen LogP contribution >= 0.6 is 0 Å². The van der Waals surface area contributed by atoms with Crippen molar-refractivity contribution in [1.82, 2.24) is 24.1 Å². The zero-order valence-corrected chi connectivity index (χ0v) is 29.1. The van der Waals surface area contributed by atoms with Gasteiger partial charge in [-0.1, -0.05) is 151 Å². The predicted octanol–water partition coefficient (Wildman–Crippen LogP) is 12.7. The van der Waals surface area contributed by atoms with E-state index < -0.39 is 109 Å². The third kappa shape index (κ3) is 5.29. The molecule has 0 aliphatic rings. The second-order valence-electron chi connectivity index (χ2n) is 12.9. The van der Waals surface area contributed by atoms with Gasteiger partial charge in [-0.25, -0.2) is 0 Å². The average molecular weight is 732 g/mol. The number of aromatic nitrogens is 5. The van der Waals surface area contributed by atoms with Crippen LogP contribution in [0.4, 0.5) is 0 Å². The number of rotatable bonds is 6. The molecule has 3 aromatic heterocycles. The van der Waals surface area contributed by atoms with Gasteiger partial charge in [0.25, 0.3) is 0 Å². The number of hydrogen-bond acceptors (Lipinski definition) is 3. The van der Waals surface area contributed by atoms with Crippen LogP contribution in [0.3, 0.4) is 0 Å². The Morgan fingerprint density at radius 1 is 0.321 bits per heavy atom. The first-order chi connectivity index (χ1) is 34.4. The molecular weight excluding hydrogens is 683 g/mol. The Kier molecular flexibility index (Phi) is 4.57. The summed E-state index contributed by atoms with van der Waals surface area (Å²) in [6.07, 6.45) is 0. The molecule has 0 amide bonds. The molecule has 8 aromatic carbocycles. The summed E-state index contributed by atoms with van der Waals surface area (Å²) in [5.74, 6) is -1.10. The van der Waals surface area contributed by atoms with Crippen LogP contribution in [-0.4, -0.2) is 24.1 Å². The Morgan fingerprint density at radius 3 is 1.12 bits per heavy atom. The Morgan fingerprint density at radius 2 is 0.661 bits per heavy atom. The van der Waals surface area contributed by atoms with Gasteiger partial charge in [-0.2, -0.15) is 15.0 Å². The molecule has 3 heterocycles. The van der Waals surface area contributed by atoms with Crippen molar-refractivity contribution >= 4 is 43.6 Å².